The molecule has 0 aliphatic heterocycles. The number of aryl methyl sites for hydroxylation is 2. The second kappa shape index (κ2) is 7.38. The van der Waals surface area contributed by atoms with Crippen LogP contribution in [0.4, 0.5) is 0 Å². The zero-order valence-corrected chi connectivity index (χ0v) is 14.4. The number of rotatable bonds is 8. The van der Waals surface area contributed by atoms with E-state index in [4.69, 9.17) is 5.11 Å². The van der Waals surface area contributed by atoms with Crippen LogP contribution in [0.2, 0.25) is 0 Å². The summed E-state index contributed by atoms with van der Waals surface area (Å²) in [5.74, 6) is 0.315. The first-order chi connectivity index (χ1) is 9.75. The molecule has 0 aliphatic rings. The molecule has 1 aromatic heterocycles. The predicted octanol–water partition coefficient (Wildman–Crippen LogP) is 1.55. The van der Waals surface area contributed by atoms with Gasteiger partial charge in [-0.15, -0.1) is 0 Å². The third kappa shape index (κ3) is 4.05. The maximum atomic E-state index is 12.7. The molecule has 1 heterocycles. The van der Waals surface area contributed by atoms with Gasteiger partial charge in [-0.1, -0.05) is 20.3 Å². The average molecular weight is 317 g/mol. The van der Waals surface area contributed by atoms with Crippen LogP contribution in [0.3, 0.4) is 0 Å². The minimum Gasteiger partial charge on any atom is -0.396 e. The number of aromatic nitrogens is 2. The SMILES string of the molecule is CCC(C)CN(C)S(=O)(=O)c1c(C)nn(CCCO)c1C. The Morgan fingerprint density at radius 2 is 2.00 bits per heavy atom. The van der Waals surface area contributed by atoms with Crippen LogP contribution in [0.25, 0.3) is 0 Å². The number of aliphatic hydroxyl groups excluding tert-OH is 1. The molecular weight excluding hydrogens is 290 g/mol. The molecule has 0 fully saturated rings. The Labute approximate surface area is 127 Å². The van der Waals surface area contributed by atoms with Gasteiger partial charge in [-0.2, -0.15) is 5.10 Å². The van der Waals surface area contributed by atoms with Crippen molar-refractivity contribution in [2.45, 2.75) is 52.0 Å². The highest BCUT2D eigenvalue weighted by atomic mass is 32.2. The molecule has 1 rings (SSSR count). The molecule has 1 aromatic rings. The fourth-order valence-electron chi connectivity index (χ4n) is 2.31. The highest BCUT2D eigenvalue weighted by molar-refractivity contribution is 7.89. The Kier molecular flexibility index (Phi) is 6.37. The van der Waals surface area contributed by atoms with Gasteiger partial charge in [-0.05, 0) is 26.2 Å². The Morgan fingerprint density at radius 1 is 1.38 bits per heavy atom. The first-order valence-electron chi connectivity index (χ1n) is 7.36. The molecule has 0 bridgehead atoms. The molecule has 1 N–H and O–H groups in total. The van der Waals surface area contributed by atoms with E-state index in [0.717, 1.165) is 6.42 Å². The van der Waals surface area contributed by atoms with Gasteiger partial charge < -0.3 is 5.11 Å². The second-order valence-electron chi connectivity index (χ2n) is 5.60. The van der Waals surface area contributed by atoms with Crippen molar-refractivity contribution >= 4 is 10.0 Å². The van der Waals surface area contributed by atoms with Gasteiger partial charge in [0.15, 0.2) is 0 Å². The molecule has 0 saturated carbocycles. The van der Waals surface area contributed by atoms with Crippen LogP contribution >= 0.6 is 0 Å². The van der Waals surface area contributed by atoms with Gasteiger partial charge >= 0.3 is 0 Å². The minimum atomic E-state index is -3.52. The van der Waals surface area contributed by atoms with Gasteiger partial charge in [0.2, 0.25) is 10.0 Å². The quantitative estimate of drug-likeness (QED) is 0.789. The maximum Gasteiger partial charge on any atom is 0.246 e. The molecule has 122 valence electrons. The summed E-state index contributed by atoms with van der Waals surface area (Å²) in [4.78, 5) is 0.297. The molecule has 1 atom stereocenters. The van der Waals surface area contributed by atoms with E-state index in [1.807, 2.05) is 6.92 Å². The summed E-state index contributed by atoms with van der Waals surface area (Å²) >= 11 is 0. The molecular formula is C14H27N3O3S. The zero-order valence-electron chi connectivity index (χ0n) is 13.6. The molecule has 21 heavy (non-hydrogen) atoms. The standard InChI is InChI=1S/C14H27N3O3S/c1-6-11(2)10-16(5)21(19,20)14-12(3)15-17(13(14)4)8-7-9-18/h11,18H,6-10H2,1-5H3. The molecule has 0 saturated heterocycles. The van der Waals surface area contributed by atoms with Crippen molar-refractivity contribution in [3.63, 3.8) is 0 Å². The molecule has 0 aromatic carbocycles. The molecule has 7 heteroatoms. The fraction of sp³-hybridized carbons (Fsp3) is 0.786. The highest BCUT2D eigenvalue weighted by Crippen LogP contribution is 2.23. The van der Waals surface area contributed by atoms with E-state index in [1.165, 1.54) is 4.31 Å². The maximum absolute atomic E-state index is 12.7. The molecule has 0 spiro atoms. The van der Waals surface area contributed by atoms with Gasteiger partial charge in [0, 0.05) is 26.7 Å². The van der Waals surface area contributed by atoms with Crippen molar-refractivity contribution in [2.75, 3.05) is 20.2 Å². The van der Waals surface area contributed by atoms with Gasteiger partial charge in [0.1, 0.15) is 4.90 Å². The van der Waals surface area contributed by atoms with Crippen molar-refractivity contribution in [2.24, 2.45) is 5.92 Å². The van der Waals surface area contributed by atoms with Crippen LogP contribution in [0.5, 0.6) is 0 Å². The summed E-state index contributed by atoms with van der Waals surface area (Å²) < 4.78 is 28.5. The summed E-state index contributed by atoms with van der Waals surface area (Å²) in [6, 6.07) is 0. The smallest absolute Gasteiger partial charge is 0.246 e. The minimum absolute atomic E-state index is 0.0638. The molecule has 0 amide bonds. The Balaban J connectivity index is 3.11. The number of nitrogens with zero attached hydrogens (tertiary/aromatic N) is 3. The van der Waals surface area contributed by atoms with Gasteiger partial charge in [0.05, 0.1) is 11.4 Å². The van der Waals surface area contributed by atoms with Crippen LogP contribution in [-0.2, 0) is 16.6 Å². The molecule has 6 nitrogen and oxygen atoms in total. The van der Waals surface area contributed by atoms with E-state index >= 15 is 0 Å². The van der Waals surface area contributed by atoms with Crippen molar-refractivity contribution in [3.8, 4) is 0 Å². The van der Waals surface area contributed by atoms with Crippen LogP contribution in [0.15, 0.2) is 4.90 Å². The van der Waals surface area contributed by atoms with Crippen molar-refractivity contribution in [1.29, 1.82) is 0 Å². The first kappa shape index (κ1) is 18.1. The number of hydrogen-bond acceptors (Lipinski definition) is 4. The number of sulfonamides is 1. The summed E-state index contributed by atoms with van der Waals surface area (Å²) in [5, 5.41) is 13.2. The summed E-state index contributed by atoms with van der Waals surface area (Å²) in [6.45, 7) is 8.65. The van der Waals surface area contributed by atoms with Crippen LogP contribution < -0.4 is 0 Å². The Bertz CT molecular complexity index is 566. The summed E-state index contributed by atoms with van der Waals surface area (Å²) in [7, 11) is -1.91. The third-order valence-electron chi connectivity index (χ3n) is 3.78. The fourth-order valence-corrected chi connectivity index (χ4v) is 3.97. The largest absolute Gasteiger partial charge is 0.396 e. The predicted molar refractivity (Wildman–Crippen MR) is 82.7 cm³/mol. The first-order valence-corrected chi connectivity index (χ1v) is 8.80. The van der Waals surface area contributed by atoms with Crippen LogP contribution in [0, 0.1) is 19.8 Å². The van der Waals surface area contributed by atoms with E-state index in [9.17, 15) is 8.42 Å². The van der Waals surface area contributed by atoms with Gasteiger partial charge in [-0.3, -0.25) is 4.68 Å². The molecule has 0 aliphatic carbocycles. The lowest BCUT2D eigenvalue weighted by Gasteiger charge is -2.20. The van der Waals surface area contributed by atoms with Crippen molar-refractivity contribution in [3.05, 3.63) is 11.4 Å². The summed E-state index contributed by atoms with van der Waals surface area (Å²) in [6.07, 6.45) is 1.50. The lowest BCUT2D eigenvalue weighted by molar-refractivity contribution is 0.276. The van der Waals surface area contributed by atoms with Gasteiger partial charge in [-0.25, -0.2) is 12.7 Å². The average Bonchev–Trinajstić information content (AvgIpc) is 2.71. The van der Waals surface area contributed by atoms with E-state index in [-0.39, 0.29) is 6.61 Å². The van der Waals surface area contributed by atoms with E-state index in [2.05, 4.69) is 12.0 Å². The molecule has 1 unspecified atom stereocenters. The normalized spacial score (nSPS) is 13.9. The summed E-state index contributed by atoms with van der Waals surface area (Å²) in [5.41, 5.74) is 1.15. The third-order valence-corrected chi connectivity index (χ3v) is 5.85. The molecule has 0 radical (unpaired) electrons. The topological polar surface area (TPSA) is 75.4 Å². The van der Waals surface area contributed by atoms with Gasteiger partial charge in [0.25, 0.3) is 0 Å². The van der Waals surface area contributed by atoms with Crippen LogP contribution in [-0.4, -0.2) is 47.8 Å². The lowest BCUT2D eigenvalue weighted by atomic mass is 10.1. The van der Waals surface area contributed by atoms with Crippen molar-refractivity contribution < 1.29 is 13.5 Å². The zero-order chi connectivity index (χ0) is 16.2. The van der Waals surface area contributed by atoms with Crippen molar-refractivity contribution in [1.82, 2.24) is 14.1 Å². The van der Waals surface area contributed by atoms with E-state index in [1.54, 1.807) is 25.6 Å². The monoisotopic (exact) mass is 317 g/mol. The Morgan fingerprint density at radius 3 is 2.52 bits per heavy atom. The highest BCUT2D eigenvalue weighted by Gasteiger charge is 2.29. The van der Waals surface area contributed by atoms with E-state index < -0.39 is 10.0 Å². The Hall–Kier alpha value is -0.920. The van der Waals surface area contributed by atoms with Crippen LogP contribution in [0.1, 0.15) is 38.1 Å². The lowest BCUT2D eigenvalue weighted by Crippen LogP contribution is -2.31. The number of aliphatic hydroxyl groups is 1. The second-order valence-corrected chi connectivity index (χ2v) is 7.58. The number of hydrogen-bond donors (Lipinski definition) is 1. The van der Waals surface area contributed by atoms with E-state index in [0.29, 0.717) is 41.7 Å².